The monoisotopic (exact) mass is 295 g/mol. The van der Waals surface area contributed by atoms with E-state index in [1.54, 1.807) is 45.9 Å². The molecule has 0 heterocycles. The van der Waals surface area contributed by atoms with Crippen LogP contribution in [-0.2, 0) is 9.59 Å². The number of nitrogens with zero attached hydrogens (tertiary/aromatic N) is 1. The van der Waals surface area contributed by atoms with Gasteiger partial charge in [-0.1, -0.05) is 39.0 Å². The van der Waals surface area contributed by atoms with Crippen LogP contribution in [0, 0.1) is 17.2 Å². The predicted molar refractivity (Wildman–Crippen MR) is 78.2 cm³/mol. The molecule has 1 amide bonds. The molecule has 0 bridgehead atoms. The van der Waals surface area contributed by atoms with Gasteiger partial charge in [0.1, 0.15) is 11.7 Å². The molecule has 21 heavy (non-hydrogen) atoms. The van der Waals surface area contributed by atoms with Gasteiger partial charge in [0.2, 0.25) is 5.91 Å². The van der Waals surface area contributed by atoms with E-state index in [-0.39, 0.29) is 0 Å². The molecule has 0 fully saturated rings. The fraction of sp³-hybridized carbons (Fsp3) is 0.500. The Labute approximate surface area is 124 Å². The molecule has 0 radical (unpaired) electrons. The van der Waals surface area contributed by atoms with Crippen molar-refractivity contribution in [2.24, 2.45) is 11.3 Å². The number of hydrogen-bond acceptors (Lipinski definition) is 2. The van der Waals surface area contributed by atoms with Crippen LogP contribution in [0.15, 0.2) is 24.3 Å². The van der Waals surface area contributed by atoms with Crippen LogP contribution < -0.4 is 0 Å². The summed E-state index contributed by atoms with van der Waals surface area (Å²) in [5.74, 6) is -3.27. The van der Waals surface area contributed by atoms with Crippen LogP contribution >= 0.6 is 0 Å². The number of halogens is 1. The van der Waals surface area contributed by atoms with Crippen molar-refractivity contribution in [3.8, 4) is 0 Å². The van der Waals surface area contributed by atoms with Crippen molar-refractivity contribution in [1.29, 1.82) is 0 Å². The van der Waals surface area contributed by atoms with Crippen LogP contribution in [0.3, 0.4) is 0 Å². The summed E-state index contributed by atoms with van der Waals surface area (Å²) in [6, 6.07) is 5.64. The Hall–Kier alpha value is -1.91. The van der Waals surface area contributed by atoms with Crippen LogP contribution in [0.4, 0.5) is 4.39 Å². The van der Waals surface area contributed by atoms with Gasteiger partial charge >= 0.3 is 5.97 Å². The summed E-state index contributed by atoms with van der Waals surface area (Å²) in [4.78, 5) is 25.2. The molecule has 116 valence electrons. The third-order valence-electron chi connectivity index (χ3n) is 3.64. The standard InChI is InChI=1S/C16H22FNO3/c1-10(11-8-6-7-9-12(11)17)18(5)14(19)13(15(20)21)16(2,3)4/h6-10,13H,1-5H3,(H,20,21). The first-order chi connectivity index (χ1) is 9.57. The van der Waals surface area contributed by atoms with Gasteiger partial charge in [0.05, 0.1) is 6.04 Å². The molecule has 0 spiro atoms. The quantitative estimate of drug-likeness (QED) is 0.868. The molecule has 0 aliphatic rings. The summed E-state index contributed by atoms with van der Waals surface area (Å²) in [5, 5.41) is 9.31. The second-order valence-corrected chi connectivity index (χ2v) is 6.28. The van der Waals surface area contributed by atoms with E-state index < -0.39 is 35.1 Å². The molecule has 2 atom stereocenters. The molecule has 1 aromatic rings. The van der Waals surface area contributed by atoms with Gasteiger partial charge in [-0.05, 0) is 18.4 Å². The summed E-state index contributed by atoms with van der Waals surface area (Å²) >= 11 is 0. The number of carbonyl (C=O) groups excluding carboxylic acids is 1. The van der Waals surface area contributed by atoms with E-state index in [0.717, 1.165) is 0 Å². The second-order valence-electron chi connectivity index (χ2n) is 6.28. The maximum Gasteiger partial charge on any atom is 0.316 e. The van der Waals surface area contributed by atoms with Crippen molar-refractivity contribution < 1.29 is 19.1 Å². The third-order valence-corrected chi connectivity index (χ3v) is 3.64. The first kappa shape index (κ1) is 17.1. The Bertz CT molecular complexity index is 537. The number of rotatable bonds is 4. The molecular weight excluding hydrogens is 273 g/mol. The van der Waals surface area contributed by atoms with Crippen LogP contribution in [0.5, 0.6) is 0 Å². The van der Waals surface area contributed by atoms with Gasteiger partial charge in [0.15, 0.2) is 0 Å². The van der Waals surface area contributed by atoms with Crippen LogP contribution in [0.2, 0.25) is 0 Å². The Kier molecular flexibility index (Phi) is 5.10. The summed E-state index contributed by atoms with van der Waals surface area (Å²) in [7, 11) is 1.50. The van der Waals surface area contributed by atoms with E-state index in [1.165, 1.54) is 18.0 Å². The highest BCUT2D eigenvalue weighted by Crippen LogP contribution is 2.31. The number of carboxylic acids is 1. The zero-order chi connectivity index (χ0) is 16.4. The molecule has 0 aromatic heterocycles. The lowest BCUT2D eigenvalue weighted by molar-refractivity contribution is -0.156. The number of aliphatic carboxylic acids is 1. The van der Waals surface area contributed by atoms with E-state index in [9.17, 15) is 19.1 Å². The molecule has 0 saturated carbocycles. The molecule has 5 heteroatoms. The van der Waals surface area contributed by atoms with Crippen LogP contribution in [0.25, 0.3) is 0 Å². The predicted octanol–water partition coefficient (Wildman–Crippen LogP) is 3.09. The molecule has 1 rings (SSSR count). The second kappa shape index (κ2) is 6.24. The minimum absolute atomic E-state index is 0.367. The Morgan fingerprint density at radius 3 is 2.19 bits per heavy atom. The number of carboxylic acid groups (broad SMARTS) is 1. The summed E-state index contributed by atoms with van der Waals surface area (Å²) in [6.07, 6.45) is 0. The highest BCUT2D eigenvalue weighted by molar-refractivity contribution is 5.97. The van der Waals surface area contributed by atoms with Gasteiger partial charge < -0.3 is 10.0 Å². The molecule has 2 unspecified atom stereocenters. The van der Waals surface area contributed by atoms with Crippen molar-refractivity contribution >= 4 is 11.9 Å². The molecule has 4 nitrogen and oxygen atoms in total. The Balaban J connectivity index is 3.07. The summed E-state index contributed by atoms with van der Waals surface area (Å²) in [6.45, 7) is 6.78. The van der Waals surface area contributed by atoms with E-state index in [0.29, 0.717) is 5.56 Å². The van der Waals surface area contributed by atoms with Crippen molar-refractivity contribution in [1.82, 2.24) is 4.90 Å². The first-order valence-electron chi connectivity index (χ1n) is 6.81. The normalized spacial score (nSPS) is 14.4. The fourth-order valence-corrected chi connectivity index (χ4v) is 2.26. The van der Waals surface area contributed by atoms with Crippen molar-refractivity contribution in [2.45, 2.75) is 33.7 Å². The van der Waals surface area contributed by atoms with Crippen LogP contribution in [0.1, 0.15) is 39.3 Å². The van der Waals surface area contributed by atoms with Gasteiger partial charge in [-0.15, -0.1) is 0 Å². The topological polar surface area (TPSA) is 57.6 Å². The SMILES string of the molecule is CC(c1ccccc1F)N(C)C(=O)C(C(=O)O)C(C)(C)C. The van der Waals surface area contributed by atoms with E-state index in [1.807, 2.05) is 0 Å². The van der Waals surface area contributed by atoms with E-state index in [2.05, 4.69) is 0 Å². The van der Waals surface area contributed by atoms with Crippen molar-refractivity contribution in [2.75, 3.05) is 7.05 Å². The minimum Gasteiger partial charge on any atom is -0.481 e. The molecule has 1 N–H and O–H groups in total. The number of carbonyl (C=O) groups is 2. The van der Waals surface area contributed by atoms with E-state index >= 15 is 0 Å². The van der Waals surface area contributed by atoms with Crippen molar-refractivity contribution in [3.63, 3.8) is 0 Å². The smallest absolute Gasteiger partial charge is 0.316 e. The number of hydrogen-bond donors (Lipinski definition) is 1. The molecule has 1 aromatic carbocycles. The molecule has 0 aliphatic heterocycles. The molecule has 0 saturated heterocycles. The average Bonchev–Trinajstić information content (AvgIpc) is 2.35. The minimum atomic E-state index is -1.17. The lowest BCUT2D eigenvalue weighted by Gasteiger charge is -2.33. The van der Waals surface area contributed by atoms with Gasteiger partial charge in [0, 0.05) is 12.6 Å². The maximum atomic E-state index is 13.8. The summed E-state index contributed by atoms with van der Waals surface area (Å²) in [5.41, 5.74) is -0.349. The van der Waals surface area contributed by atoms with Gasteiger partial charge in [-0.2, -0.15) is 0 Å². The van der Waals surface area contributed by atoms with Gasteiger partial charge in [0.25, 0.3) is 0 Å². The third kappa shape index (κ3) is 3.80. The zero-order valence-corrected chi connectivity index (χ0v) is 13.1. The van der Waals surface area contributed by atoms with E-state index in [4.69, 9.17) is 0 Å². The number of benzene rings is 1. The lowest BCUT2D eigenvalue weighted by Crippen LogP contribution is -2.44. The number of amides is 1. The largest absolute Gasteiger partial charge is 0.481 e. The van der Waals surface area contributed by atoms with Crippen LogP contribution in [-0.4, -0.2) is 28.9 Å². The summed E-state index contributed by atoms with van der Waals surface area (Å²) < 4.78 is 13.8. The lowest BCUT2D eigenvalue weighted by atomic mass is 9.79. The molecule has 0 aliphatic carbocycles. The Morgan fingerprint density at radius 2 is 1.76 bits per heavy atom. The zero-order valence-electron chi connectivity index (χ0n) is 13.1. The van der Waals surface area contributed by atoms with Gasteiger partial charge in [-0.25, -0.2) is 4.39 Å². The average molecular weight is 295 g/mol. The highest BCUT2D eigenvalue weighted by Gasteiger charge is 2.40. The highest BCUT2D eigenvalue weighted by atomic mass is 19.1. The molecular formula is C16H22FNO3. The van der Waals surface area contributed by atoms with Crippen molar-refractivity contribution in [3.05, 3.63) is 35.6 Å². The Morgan fingerprint density at radius 1 is 1.24 bits per heavy atom. The first-order valence-corrected chi connectivity index (χ1v) is 6.81. The van der Waals surface area contributed by atoms with Gasteiger partial charge in [-0.3, -0.25) is 9.59 Å². The maximum absolute atomic E-state index is 13.8. The fourth-order valence-electron chi connectivity index (χ4n) is 2.26.